The molecule has 0 aliphatic carbocycles. The van der Waals surface area contributed by atoms with E-state index in [1.165, 1.54) is 11.1 Å². The molecule has 1 N–H and O–H groups in total. The zero-order chi connectivity index (χ0) is 11.3. The van der Waals surface area contributed by atoms with Crippen LogP contribution in [-0.2, 0) is 0 Å². The van der Waals surface area contributed by atoms with E-state index in [1.54, 1.807) is 0 Å². The van der Waals surface area contributed by atoms with Gasteiger partial charge >= 0.3 is 0 Å². The number of hydrogen-bond donors (Lipinski definition) is 1. The lowest BCUT2D eigenvalue weighted by Crippen LogP contribution is -2.16. The predicted molar refractivity (Wildman–Crippen MR) is 70.0 cm³/mol. The smallest absolute Gasteiger partial charge is 0.0320 e. The summed E-state index contributed by atoms with van der Waals surface area (Å²) in [5.74, 6) is 0. The topological polar surface area (TPSA) is 12.0 Å². The predicted octanol–water partition coefficient (Wildman–Crippen LogP) is 4.07. The van der Waals surface area contributed by atoms with E-state index in [-0.39, 0.29) is 0 Å². The Balaban J connectivity index is 2.65. The van der Waals surface area contributed by atoms with E-state index in [2.05, 4.69) is 59.0 Å². The maximum atomic E-state index is 3.93. The quantitative estimate of drug-likeness (QED) is 0.794. The van der Waals surface area contributed by atoms with Crippen LogP contribution in [0.15, 0.2) is 40.9 Å². The molecule has 1 aromatic carbocycles. The summed E-state index contributed by atoms with van der Waals surface area (Å²) in [6.45, 7) is 6.01. The van der Waals surface area contributed by atoms with E-state index in [9.17, 15) is 0 Å². The molecule has 0 amide bonds. The lowest BCUT2D eigenvalue weighted by molar-refractivity contribution is 0.548. The molecule has 0 aliphatic rings. The zero-order valence-corrected chi connectivity index (χ0v) is 11.0. The van der Waals surface area contributed by atoms with E-state index in [0.717, 1.165) is 17.3 Å². The third-order valence-electron chi connectivity index (χ3n) is 2.48. The van der Waals surface area contributed by atoms with Gasteiger partial charge in [-0.1, -0.05) is 33.6 Å². The van der Waals surface area contributed by atoms with Crippen LogP contribution in [0.2, 0.25) is 0 Å². The Bertz CT molecular complexity index is 316. The fourth-order valence-corrected chi connectivity index (χ4v) is 1.83. The van der Waals surface area contributed by atoms with Crippen molar-refractivity contribution in [1.82, 2.24) is 5.32 Å². The SMILES string of the molecule is C=C(C)CCC(NC)c1ccc(Br)cc1. The van der Waals surface area contributed by atoms with Crippen LogP contribution in [-0.4, -0.2) is 7.05 Å². The summed E-state index contributed by atoms with van der Waals surface area (Å²) in [5, 5.41) is 3.34. The zero-order valence-electron chi connectivity index (χ0n) is 9.39. The summed E-state index contributed by atoms with van der Waals surface area (Å²) in [6.07, 6.45) is 2.18. The first-order valence-electron chi connectivity index (χ1n) is 5.20. The van der Waals surface area contributed by atoms with Gasteiger partial charge in [-0.05, 0) is 44.5 Å². The number of nitrogens with one attached hydrogen (secondary N) is 1. The van der Waals surface area contributed by atoms with Gasteiger partial charge in [0.15, 0.2) is 0 Å². The number of benzene rings is 1. The van der Waals surface area contributed by atoms with Crippen LogP contribution in [0.4, 0.5) is 0 Å². The molecule has 2 heteroatoms. The monoisotopic (exact) mass is 267 g/mol. The Labute approximate surface area is 101 Å². The van der Waals surface area contributed by atoms with Gasteiger partial charge in [0, 0.05) is 10.5 Å². The van der Waals surface area contributed by atoms with Gasteiger partial charge in [-0.2, -0.15) is 0 Å². The van der Waals surface area contributed by atoms with Gasteiger partial charge in [0.2, 0.25) is 0 Å². The summed E-state index contributed by atoms with van der Waals surface area (Å²) in [5.41, 5.74) is 2.58. The summed E-state index contributed by atoms with van der Waals surface area (Å²) in [6, 6.07) is 8.91. The van der Waals surface area contributed by atoms with Crippen molar-refractivity contribution < 1.29 is 0 Å². The molecule has 1 nitrogen and oxygen atoms in total. The summed E-state index contributed by atoms with van der Waals surface area (Å²) in [4.78, 5) is 0. The molecule has 82 valence electrons. The van der Waals surface area contributed by atoms with E-state index >= 15 is 0 Å². The molecule has 0 aromatic heterocycles. The van der Waals surface area contributed by atoms with E-state index in [1.807, 2.05) is 7.05 Å². The highest BCUT2D eigenvalue weighted by molar-refractivity contribution is 9.10. The van der Waals surface area contributed by atoms with Crippen molar-refractivity contribution in [3.63, 3.8) is 0 Å². The van der Waals surface area contributed by atoms with Gasteiger partial charge in [-0.25, -0.2) is 0 Å². The summed E-state index contributed by atoms with van der Waals surface area (Å²) < 4.78 is 1.13. The fraction of sp³-hybridized carbons (Fsp3) is 0.385. The van der Waals surface area contributed by atoms with Crippen molar-refractivity contribution in [3.05, 3.63) is 46.5 Å². The number of hydrogen-bond acceptors (Lipinski definition) is 1. The average molecular weight is 268 g/mol. The van der Waals surface area contributed by atoms with Crippen molar-refractivity contribution >= 4 is 15.9 Å². The Hall–Kier alpha value is -0.600. The first-order valence-corrected chi connectivity index (χ1v) is 6.00. The van der Waals surface area contributed by atoms with Crippen LogP contribution in [0.25, 0.3) is 0 Å². The molecule has 1 unspecified atom stereocenters. The minimum atomic E-state index is 0.426. The van der Waals surface area contributed by atoms with Crippen molar-refractivity contribution in [2.24, 2.45) is 0 Å². The molecule has 0 spiro atoms. The van der Waals surface area contributed by atoms with Crippen molar-refractivity contribution in [2.75, 3.05) is 7.05 Å². The molecule has 1 aromatic rings. The first-order chi connectivity index (χ1) is 7.13. The van der Waals surface area contributed by atoms with Crippen molar-refractivity contribution in [2.45, 2.75) is 25.8 Å². The van der Waals surface area contributed by atoms with Gasteiger partial charge in [0.1, 0.15) is 0 Å². The standard InChI is InChI=1S/C13H18BrN/c1-10(2)4-9-13(15-3)11-5-7-12(14)8-6-11/h5-8,13,15H,1,4,9H2,2-3H3. The first kappa shape index (κ1) is 12.5. The molecule has 0 saturated carbocycles. The van der Waals surface area contributed by atoms with Crippen LogP contribution >= 0.6 is 15.9 Å². The largest absolute Gasteiger partial charge is 0.313 e. The van der Waals surface area contributed by atoms with Crippen LogP contribution < -0.4 is 5.32 Å². The summed E-state index contributed by atoms with van der Waals surface area (Å²) in [7, 11) is 2.01. The highest BCUT2D eigenvalue weighted by Crippen LogP contribution is 2.21. The molecule has 0 aliphatic heterocycles. The molecule has 1 atom stereocenters. The van der Waals surface area contributed by atoms with E-state index in [4.69, 9.17) is 0 Å². The van der Waals surface area contributed by atoms with Gasteiger partial charge in [0.25, 0.3) is 0 Å². The lowest BCUT2D eigenvalue weighted by Gasteiger charge is -2.16. The molecular formula is C13H18BrN. The normalized spacial score (nSPS) is 12.5. The van der Waals surface area contributed by atoms with Crippen LogP contribution in [0.3, 0.4) is 0 Å². The van der Waals surface area contributed by atoms with Gasteiger partial charge in [0.05, 0.1) is 0 Å². The van der Waals surface area contributed by atoms with E-state index in [0.29, 0.717) is 6.04 Å². The molecular weight excluding hydrogens is 250 g/mol. The Morgan fingerprint density at radius 2 is 2.00 bits per heavy atom. The molecule has 15 heavy (non-hydrogen) atoms. The second-order valence-corrected chi connectivity index (χ2v) is 4.80. The lowest BCUT2D eigenvalue weighted by atomic mass is 10.0. The number of allylic oxidation sites excluding steroid dienone is 1. The fourth-order valence-electron chi connectivity index (χ4n) is 1.56. The van der Waals surface area contributed by atoms with Crippen LogP contribution in [0, 0.1) is 0 Å². The third-order valence-corrected chi connectivity index (χ3v) is 3.01. The second-order valence-electron chi connectivity index (χ2n) is 3.89. The van der Waals surface area contributed by atoms with E-state index < -0.39 is 0 Å². The van der Waals surface area contributed by atoms with Crippen molar-refractivity contribution in [3.8, 4) is 0 Å². The highest BCUT2D eigenvalue weighted by atomic mass is 79.9. The third kappa shape index (κ3) is 4.18. The van der Waals surface area contributed by atoms with Gasteiger partial charge in [-0.15, -0.1) is 6.58 Å². The molecule has 0 radical (unpaired) electrons. The summed E-state index contributed by atoms with van der Waals surface area (Å²) >= 11 is 3.44. The molecule has 0 heterocycles. The number of halogens is 1. The van der Waals surface area contributed by atoms with Gasteiger partial charge in [-0.3, -0.25) is 0 Å². The minimum Gasteiger partial charge on any atom is -0.313 e. The Morgan fingerprint density at radius 3 is 2.47 bits per heavy atom. The van der Waals surface area contributed by atoms with Gasteiger partial charge < -0.3 is 5.32 Å². The van der Waals surface area contributed by atoms with Crippen LogP contribution in [0.5, 0.6) is 0 Å². The molecule has 0 bridgehead atoms. The van der Waals surface area contributed by atoms with Crippen LogP contribution in [0.1, 0.15) is 31.4 Å². The highest BCUT2D eigenvalue weighted by Gasteiger charge is 2.08. The molecule has 0 saturated heterocycles. The maximum Gasteiger partial charge on any atom is 0.0320 e. The maximum absolute atomic E-state index is 3.93. The average Bonchev–Trinajstić information content (AvgIpc) is 2.21. The Morgan fingerprint density at radius 1 is 1.40 bits per heavy atom. The molecule has 0 fully saturated rings. The second kappa shape index (κ2) is 6.09. The van der Waals surface area contributed by atoms with Crippen molar-refractivity contribution in [1.29, 1.82) is 0 Å². The Kier molecular flexibility index (Phi) is 5.06. The minimum absolute atomic E-state index is 0.426. The molecule has 1 rings (SSSR count). The number of rotatable bonds is 5.